The molecule has 0 radical (unpaired) electrons. The Morgan fingerprint density at radius 3 is 2.41 bits per heavy atom. The summed E-state index contributed by atoms with van der Waals surface area (Å²) in [4.78, 5) is 0. The Morgan fingerprint density at radius 1 is 1.27 bits per heavy atom. The van der Waals surface area contributed by atoms with Crippen molar-refractivity contribution in [1.29, 1.82) is 0 Å². The summed E-state index contributed by atoms with van der Waals surface area (Å²) in [6, 6.07) is 3.19. The highest BCUT2D eigenvalue weighted by atomic mass is 79.9. The van der Waals surface area contributed by atoms with E-state index in [-0.39, 0.29) is 29.6 Å². The second kappa shape index (κ2) is 7.86. The van der Waals surface area contributed by atoms with Gasteiger partial charge in [-0.15, -0.1) is 25.6 Å². The SMILES string of the molecule is Cl.N[C@@H](c1cc(Br)ccc1OC(F)(F)F)[C@H](O)C1CCCC1. The molecule has 1 aliphatic carbocycles. The van der Waals surface area contributed by atoms with Crippen LogP contribution in [0.15, 0.2) is 22.7 Å². The maximum atomic E-state index is 12.5. The third kappa shape index (κ3) is 5.01. The third-order valence-electron chi connectivity index (χ3n) is 3.81. The lowest BCUT2D eigenvalue weighted by atomic mass is 9.90. The number of aliphatic hydroxyl groups is 1. The zero-order chi connectivity index (χ0) is 15.6. The largest absolute Gasteiger partial charge is 0.573 e. The summed E-state index contributed by atoms with van der Waals surface area (Å²) >= 11 is 3.20. The Bertz CT molecular complexity index is 495. The number of nitrogens with two attached hydrogens (primary N) is 1. The normalized spacial score (nSPS) is 18.6. The van der Waals surface area contributed by atoms with Gasteiger partial charge in [0.15, 0.2) is 0 Å². The van der Waals surface area contributed by atoms with Crippen molar-refractivity contribution in [2.75, 3.05) is 0 Å². The predicted molar refractivity (Wildman–Crippen MR) is 83.0 cm³/mol. The molecule has 1 aromatic rings. The Morgan fingerprint density at radius 2 is 1.86 bits per heavy atom. The number of aliphatic hydroxyl groups excluding tert-OH is 1. The lowest BCUT2D eigenvalue weighted by Gasteiger charge is -2.26. The molecule has 3 nitrogen and oxygen atoms in total. The van der Waals surface area contributed by atoms with Crippen molar-refractivity contribution in [2.24, 2.45) is 11.7 Å². The van der Waals surface area contributed by atoms with Gasteiger partial charge in [0.2, 0.25) is 0 Å². The zero-order valence-corrected chi connectivity index (χ0v) is 14.0. The first-order valence-electron chi connectivity index (χ1n) is 6.77. The smallest absolute Gasteiger partial charge is 0.405 e. The quantitative estimate of drug-likeness (QED) is 0.786. The molecule has 0 spiro atoms. The van der Waals surface area contributed by atoms with Gasteiger partial charge in [0.1, 0.15) is 5.75 Å². The number of hydrogen-bond donors (Lipinski definition) is 2. The minimum Gasteiger partial charge on any atom is -0.405 e. The molecule has 1 aliphatic rings. The van der Waals surface area contributed by atoms with Crippen LogP contribution < -0.4 is 10.5 Å². The van der Waals surface area contributed by atoms with Crippen molar-refractivity contribution >= 4 is 28.3 Å². The van der Waals surface area contributed by atoms with Crippen molar-refractivity contribution < 1.29 is 23.0 Å². The van der Waals surface area contributed by atoms with Crippen molar-refractivity contribution in [3.63, 3.8) is 0 Å². The van der Waals surface area contributed by atoms with Crippen LogP contribution in [-0.4, -0.2) is 17.6 Å². The average molecular weight is 405 g/mol. The van der Waals surface area contributed by atoms with Gasteiger partial charge in [-0.2, -0.15) is 0 Å². The van der Waals surface area contributed by atoms with Gasteiger partial charge in [-0.3, -0.25) is 0 Å². The van der Waals surface area contributed by atoms with E-state index in [0.717, 1.165) is 25.7 Å². The molecular formula is C14H18BrClF3NO2. The lowest BCUT2D eigenvalue weighted by Crippen LogP contribution is -2.32. The summed E-state index contributed by atoms with van der Waals surface area (Å²) in [5, 5.41) is 10.3. The maximum absolute atomic E-state index is 12.5. The van der Waals surface area contributed by atoms with Crippen molar-refractivity contribution in [3.8, 4) is 5.75 Å². The number of benzene rings is 1. The fourth-order valence-electron chi connectivity index (χ4n) is 2.77. The molecule has 1 saturated carbocycles. The van der Waals surface area contributed by atoms with Crippen LogP contribution in [0, 0.1) is 5.92 Å². The Kier molecular flexibility index (Phi) is 6.98. The van der Waals surface area contributed by atoms with Crippen molar-refractivity contribution in [2.45, 2.75) is 44.2 Å². The molecule has 126 valence electrons. The predicted octanol–water partition coefficient (Wildman–Crippen LogP) is 4.32. The standard InChI is InChI=1S/C14H17BrF3NO2.ClH/c15-9-5-6-11(21-14(16,17)18)10(7-9)12(19)13(20)8-3-1-2-4-8;/h5-8,12-13,20H,1-4,19H2;1H/t12-,13+;/m0./s1. The first-order chi connectivity index (χ1) is 9.78. The minimum atomic E-state index is -4.79. The summed E-state index contributed by atoms with van der Waals surface area (Å²) in [7, 11) is 0. The van der Waals surface area contributed by atoms with Crippen LogP contribution in [-0.2, 0) is 0 Å². The van der Waals surface area contributed by atoms with Gasteiger partial charge >= 0.3 is 6.36 Å². The van der Waals surface area contributed by atoms with E-state index in [1.54, 1.807) is 0 Å². The van der Waals surface area contributed by atoms with Gasteiger partial charge in [-0.25, -0.2) is 0 Å². The second-order valence-electron chi connectivity index (χ2n) is 5.29. The molecule has 2 atom stereocenters. The van der Waals surface area contributed by atoms with E-state index in [1.165, 1.54) is 18.2 Å². The topological polar surface area (TPSA) is 55.5 Å². The highest BCUT2D eigenvalue weighted by molar-refractivity contribution is 9.10. The summed E-state index contributed by atoms with van der Waals surface area (Å²) in [5.74, 6) is -0.340. The molecule has 0 unspecified atom stereocenters. The molecule has 0 amide bonds. The van der Waals surface area contributed by atoms with Gasteiger partial charge in [-0.1, -0.05) is 28.8 Å². The molecule has 22 heavy (non-hydrogen) atoms. The second-order valence-corrected chi connectivity index (χ2v) is 6.21. The van der Waals surface area contributed by atoms with Crippen LogP contribution in [0.2, 0.25) is 0 Å². The monoisotopic (exact) mass is 403 g/mol. The summed E-state index contributed by atoms with van der Waals surface area (Å²) in [5.41, 5.74) is 6.14. The molecule has 3 N–H and O–H groups in total. The Hall–Kier alpha value is -0.500. The molecule has 0 heterocycles. The van der Waals surface area contributed by atoms with Gasteiger partial charge in [0.25, 0.3) is 0 Å². The number of halogens is 5. The van der Waals surface area contributed by atoms with Crippen molar-refractivity contribution in [1.82, 2.24) is 0 Å². The van der Waals surface area contributed by atoms with Crippen LogP contribution in [0.3, 0.4) is 0 Å². The fraction of sp³-hybridized carbons (Fsp3) is 0.571. The summed E-state index contributed by atoms with van der Waals surface area (Å²) < 4.78 is 41.9. The van der Waals surface area contributed by atoms with Gasteiger partial charge in [-0.05, 0) is 37.0 Å². The number of rotatable bonds is 4. The average Bonchev–Trinajstić information content (AvgIpc) is 2.91. The van der Waals surface area contributed by atoms with Gasteiger partial charge < -0.3 is 15.6 Å². The number of alkyl halides is 3. The van der Waals surface area contributed by atoms with Crippen molar-refractivity contribution in [3.05, 3.63) is 28.2 Å². The highest BCUT2D eigenvalue weighted by Crippen LogP contribution is 2.37. The molecule has 1 fully saturated rings. The zero-order valence-electron chi connectivity index (χ0n) is 11.6. The van der Waals surface area contributed by atoms with E-state index >= 15 is 0 Å². The Balaban J connectivity index is 0.00000242. The maximum Gasteiger partial charge on any atom is 0.573 e. The van der Waals surface area contributed by atoms with E-state index in [0.29, 0.717) is 4.47 Å². The number of ether oxygens (including phenoxy) is 1. The first kappa shape index (κ1) is 19.5. The molecule has 0 saturated heterocycles. The molecular weight excluding hydrogens is 387 g/mol. The molecule has 2 rings (SSSR count). The Labute approximate surface area is 141 Å². The summed E-state index contributed by atoms with van der Waals surface area (Å²) in [6.07, 6.45) is -1.95. The third-order valence-corrected chi connectivity index (χ3v) is 4.30. The fourth-order valence-corrected chi connectivity index (χ4v) is 3.15. The minimum absolute atomic E-state index is 0. The van der Waals surface area contributed by atoms with Gasteiger partial charge in [0.05, 0.1) is 12.1 Å². The van der Waals surface area contributed by atoms with E-state index in [1.807, 2.05) is 0 Å². The van der Waals surface area contributed by atoms with E-state index in [4.69, 9.17) is 5.73 Å². The summed E-state index contributed by atoms with van der Waals surface area (Å²) in [6.45, 7) is 0. The molecule has 8 heteroatoms. The molecule has 0 bridgehead atoms. The first-order valence-corrected chi connectivity index (χ1v) is 7.56. The van der Waals surface area contributed by atoms with E-state index < -0.39 is 18.5 Å². The lowest BCUT2D eigenvalue weighted by molar-refractivity contribution is -0.275. The molecule has 0 aromatic heterocycles. The van der Waals surface area contributed by atoms with Crippen LogP contribution in [0.25, 0.3) is 0 Å². The number of hydrogen-bond acceptors (Lipinski definition) is 3. The highest BCUT2D eigenvalue weighted by Gasteiger charge is 2.35. The van der Waals surface area contributed by atoms with Gasteiger partial charge in [0, 0.05) is 10.0 Å². The molecule has 1 aromatic carbocycles. The van der Waals surface area contributed by atoms with Crippen LogP contribution >= 0.6 is 28.3 Å². The van der Waals surface area contributed by atoms with Crippen LogP contribution in [0.5, 0.6) is 5.75 Å². The van der Waals surface area contributed by atoms with Crippen LogP contribution in [0.4, 0.5) is 13.2 Å². The molecule has 0 aliphatic heterocycles. The van der Waals surface area contributed by atoms with Crippen LogP contribution in [0.1, 0.15) is 37.3 Å². The van der Waals surface area contributed by atoms with E-state index in [9.17, 15) is 18.3 Å². The van der Waals surface area contributed by atoms with E-state index in [2.05, 4.69) is 20.7 Å².